The summed E-state index contributed by atoms with van der Waals surface area (Å²) in [6.45, 7) is 3.35. The number of hydrogen-bond donors (Lipinski definition) is 1. The van der Waals surface area contributed by atoms with Crippen LogP contribution in [0.2, 0.25) is 0 Å². The highest BCUT2D eigenvalue weighted by Crippen LogP contribution is 2.07. The number of thiophene rings is 1. The summed E-state index contributed by atoms with van der Waals surface area (Å²) in [6.07, 6.45) is 2.55. The van der Waals surface area contributed by atoms with Crippen molar-refractivity contribution in [2.45, 2.75) is 19.4 Å². The predicted molar refractivity (Wildman–Crippen MR) is 63.8 cm³/mol. The number of unbranched alkanes of at least 4 members (excludes halogenated alkanes) is 1. The van der Waals surface area contributed by atoms with E-state index in [0.29, 0.717) is 0 Å². The van der Waals surface area contributed by atoms with Crippen molar-refractivity contribution in [2.24, 2.45) is 0 Å². The highest BCUT2D eigenvalue weighted by Gasteiger charge is 1.93. The first-order valence-corrected chi connectivity index (χ1v) is 6.05. The highest BCUT2D eigenvalue weighted by atomic mass is 32.1. The molecule has 1 aromatic heterocycles. The van der Waals surface area contributed by atoms with E-state index in [-0.39, 0.29) is 0 Å². The van der Waals surface area contributed by atoms with Gasteiger partial charge in [0.25, 0.3) is 0 Å². The van der Waals surface area contributed by atoms with Crippen molar-refractivity contribution in [3.8, 4) is 0 Å². The van der Waals surface area contributed by atoms with Gasteiger partial charge in [-0.1, -0.05) is 6.07 Å². The zero-order valence-electron chi connectivity index (χ0n) is 9.12. The minimum atomic E-state index is 1.03. The topological polar surface area (TPSA) is 15.3 Å². The van der Waals surface area contributed by atoms with E-state index in [4.69, 9.17) is 0 Å². The van der Waals surface area contributed by atoms with Crippen LogP contribution in [0.3, 0.4) is 0 Å². The van der Waals surface area contributed by atoms with Crippen LogP contribution in [0.1, 0.15) is 17.7 Å². The smallest absolute Gasteiger partial charge is 0.0299 e. The van der Waals surface area contributed by atoms with Gasteiger partial charge in [-0.05, 0) is 51.5 Å². The van der Waals surface area contributed by atoms with Crippen molar-refractivity contribution >= 4 is 11.3 Å². The predicted octanol–water partition coefficient (Wildman–Crippen LogP) is 2.18. The summed E-state index contributed by atoms with van der Waals surface area (Å²) in [7, 11) is 4.25. The van der Waals surface area contributed by atoms with E-state index >= 15 is 0 Å². The van der Waals surface area contributed by atoms with Crippen LogP contribution < -0.4 is 5.32 Å². The molecule has 0 saturated carbocycles. The van der Waals surface area contributed by atoms with Gasteiger partial charge in [0.15, 0.2) is 0 Å². The van der Waals surface area contributed by atoms with Gasteiger partial charge in [0.2, 0.25) is 0 Å². The third kappa shape index (κ3) is 5.37. The lowest BCUT2D eigenvalue weighted by molar-refractivity contribution is 0.392. The quantitative estimate of drug-likeness (QED) is 0.697. The Balaban J connectivity index is 1.90. The summed E-state index contributed by atoms with van der Waals surface area (Å²) in [4.78, 5) is 3.66. The maximum atomic E-state index is 3.45. The first-order valence-electron chi connectivity index (χ1n) is 5.17. The number of rotatable bonds is 7. The van der Waals surface area contributed by atoms with Gasteiger partial charge in [0.1, 0.15) is 0 Å². The monoisotopic (exact) mass is 212 g/mol. The molecule has 0 unspecified atom stereocenters. The van der Waals surface area contributed by atoms with Crippen LogP contribution in [0.4, 0.5) is 0 Å². The molecule has 1 aromatic rings. The van der Waals surface area contributed by atoms with Crippen molar-refractivity contribution < 1.29 is 0 Å². The molecule has 3 heteroatoms. The second-order valence-electron chi connectivity index (χ2n) is 3.77. The minimum Gasteiger partial charge on any atom is -0.312 e. The molecule has 0 atom stereocenters. The summed E-state index contributed by atoms with van der Waals surface area (Å²) in [5, 5.41) is 5.58. The lowest BCUT2D eigenvalue weighted by Gasteiger charge is -2.08. The first kappa shape index (κ1) is 11.7. The molecule has 0 aliphatic rings. The Bertz CT molecular complexity index is 219. The lowest BCUT2D eigenvalue weighted by atomic mass is 10.3. The molecule has 0 spiro atoms. The van der Waals surface area contributed by atoms with Crippen LogP contribution in [0.5, 0.6) is 0 Å². The van der Waals surface area contributed by atoms with Gasteiger partial charge in [-0.2, -0.15) is 0 Å². The molecule has 0 bridgehead atoms. The number of nitrogens with zero attached hydrogens (tertiary/aromatic N) is 1. The Morgan fingerprint density at radius 1 is 1.36 bits per heavy atom. The largest absolute Gasteiger partial charge is 0.312 e. The van der Waals surface area contributed by atoms with Crippen molar-refractivity contribution in [1.82, 2.24) is 10.2 Å². The van der Waals surface area contributed by atoms with Crippen molar-refractivity contribution in [1.29, 1.82) is 0 Å². The van der Waals surface area contributed by atoms with Gasteiger partial charge in [0, 0.05) is 11.4 Å². The van der Waals surface area contributed by atoms with E-state index in [2.05, 4.69) is 41.8 Å². The Hall–Kier alpha value is -0.380. The van der Waals surface area contributed by atoms with E-state index in [1.807, 2.05) is 11.3 Å². The first-order chi connectivity index (χ1) is 6.79. The van der Waals surface area contributed by atoms with Gasteiger partial charge >= 0.3 is 0 Å². The molecule has 0 aliphatic carbocycles. The average molecular weight is 212 g/mol. The van der Waals surface area contributed by atoms with Crippen LogP contribution in [0.25, 0.3) is 0 Å². The number of hydrogen-bond acceptors (Lipinski definition) is 3. The molecule has 0 aromatic carbocycles. The van der Waals surface area contributed by atoms with Gasteiger partial charge in [-0.3, -0.25) is 0 Å². The Labute approximate surface area is 90.9 Å². The summed E-state index contributed by atoms with van der Waals surface area (Å²) < 4.78 is 0. The fraction of sp³-hybridized carbons (Fsp3) is 0.636. The molecule has 80 valence electrons. The van der Waals surface area contributed by atoms with E-state index in [0.717, 1.165) is 13.1 Å². The molecular formula is C11H20N2S. The van der Waals surface area contributed by atoms with Crippen LogP contribution in [-0.4, -0.2) is 32.1 Å². The van der Waals surface area contributed by atoms with Crippen molar-refractivity contribution in [3.05, 3.63) is 22.4 Å². The molecule has 0 radical (unpaired) electrons. The molecule has 1 heterocycles. The highest BCUT2D eigenvalue weighted by molar-refractivity contribution is 7.09. The number of nitrogens with one attached hydrogen (secondary N) is 1. The average Bonchev–Trinajstić information content (AvgIpc) is 2.63. The Morgan fingerprint density at radius 3 is 2.86 bits per heavy atom. The van der Waals surface area contributed by atoms with Gasteiger partial charge in [0.05, 0.1) is 0 Å². The van der Waals surface area contributed by atoms with E-state index in [9.17, 15) is 0 Å². The summed E-state index contributed by atoms with van der Waals surface area (Å²) in [5.74, 6) is 0. The SMILES string of the molecule is CN(C)CCCCNCc1cccs1. The standard InChI is InChI=1S/C11H20N2S/c1-13(2)8-4-3-7-12-10-11-6-5-9-14-11/h5-6,9,12H,3-4,7-8,10H2,1-2H3. The van der Waals surface area contributed by atoms with Crippen LogP contribution >= 0.6 is 11.3 Å². The fourth-order valence-electron chi connectivity index (χ4n) is 1.30. The summed E-state index contributed by atoms with van der Waals surface area (Å²) in [5.41, 5.74) is 0. The molecule has 0 saturated heterocycles. The normalized spacial score (nSPS) is 11.1. The Kier molecular flexibility index (Phi) is 5.83. The van der Waals surface area contributed by atoms with Gasteiger partial charge in [-0.25, -0.2) is 0 Å². The minimum absolute atomic E-state index is 1.03. The van der Waals surface area contributed by atoms with Gasteiger partial charge in [-0.15, -0.1) is 11.3 Å². The zero-order valence-corrected chi connectivity index (χ0v) is 9.94. The maximum absolute atomic E-state index is 3.45. The van der Waals surface area contributed by atoms with Crippen LogP contribution in [0, 0.1) is 0 Å². The molecule has 0 amide bonds. The summed E-state index contributed by atoms with van der Waals surface area (Å²) >= 11 is 1.82. The zero-order chi connectivity index (χ0) is 10.2. The molecule has 1 rings (SSSR count). The van der Waals surface area contributed by atoms with Crippen LogP contribution in [0.15, 0.2) is 17.5 Å². The van der Waals surface area contributed by atoms with Crippen LogP contribution in [-0.2, 0) is 6.54 Å². The summed E-state index contributed by atoms with van der Waals surface area (Å²) in [6, 6.07) is 4.28. The molecule has 14 heavy (non-hydrogen) atoms. The molecule has 0 aliphatic heterocycles. The lowest BCUT2D eigenvalue weighted by Crippen LogP contribution is -2.17. The fourth-order valence-corrected chi connectivity index (χ4v) is 1.98. The third-order valence-electron chi connectivity index (χ3n) is 2.09. The van der Waals surface area contributed by atoms with Gasteiger partial charge < -0.3 is 10.2 Å². The second-order valence-corrected chi connectivity index (χ2v) is 4.80. The molecule has 2 nitrogen and oxygen atoms in total. The third-order valence-corrected chi connectivity index (χ3v) is 2.96. The van der Waals surface area contributed by atoms with E-state index < -0.39 is 0 Å². The molecule has 0 fully saturated rings. The van der Waals surface area contributed by atoms with E-state index in [1.54, 1.807) is 0 Å². The van der Waals surface area contributed by atoms with Crippen molar-refractivity contribution in [3.63, 3.8) is 0 Å². The van der Waals surface area contributed by atoms with Crippen molar-refractivity contribution in [2.75, 3.05) is 27.2 Å². The molecular weight excluding hydrogens is 192 g/mol. The van der Waals surface area contributed by atoms with E-state index in [1.165, 1.54) is 24.3 Å². The maximum Gasteiger partial charge on any atom is 0.0299 e. The Morgan fingerprint density at radius 2 is 2.21 bits per heavy atom. The second kappa shape index (κ2) is 6.98. The molecule has 1 N–H and O–H groups in total.